The second kappa shape index (κ2) is 11.0. The van der Waals surface area contributed by atoms with Gasteiger partial charge >= 0.3 is 17.9 Å². The number of aliphatic hydroxyl groups is 1. The van der Waals surface area contributed by atoms with E-state index in [1.54, 1.807) is 0 Å². The van der Waals surface area contributed by atoms with Crippen LogP contribution in [0.1, 0.15) is 32.1 Å². The maximum atomic E-state index is 11.8. The first-order valence-corrected chi connectivity index (χ1v) is 7.62. The number of esters is 2. The monoisotopic (exact) mass is 334 g/mol. The van der Waals surface area contributed by atoms with Gasteiger partial charge in [0.25, 0.3) is 0 Å². The zero-order valence-corrected chi connectivity index (χ0v) is 14.1. The third-order valence-electron chi connectivity index (χ3n) is 2.82. The van der Waals surface area contributed by atoms with Crippen LogP contribution in [0.3, 0.4) is 0 Å². The summed E-state index contributed by atoms with van der Waals surface area (Å²) in [6, 6.07) is 0. The maximum Gasteiger partial charge on any atom is 0.307 e. The van der Waals surface area contributed by atoms with Gasteiger partial charge in [-0.25, -0.2) is 0 Å². The number of carboxylic acids is 1. The van der Waals surface area contributed by atoms with E-state index in [4.69, 9.17) is 14.9 Å². The van der Waals surface area contributed by atoms with Crippen LogP contribution in [0.15, 0.2) is 0 Å². The second-order valence-electron chi connectivity index (χ2n) is 6.33. The van der Waals surface area contributed by atoms with Crippen molar-refractivity contribution < 1.29 is 38.6 Å². The van der Waals surface area contributed by atoms with Gasteiger partial charge in [0.2, 0.25) is 0 Å². The molecule has 0 amide bonds. The molecule has 0 spiro atoms. The molecule has 2 N–H and O–H groups in total. The van der Waals surface area contributed by atoms with Crippen LogP contribution in [0.25, 0.3) is 0 Å². The fraction of sp³-hybridized carbons (Fsp3) is 0.800. The number of carboxylic acid groups (broad SMARTS) is 1. The van der Waals surface area contributed by atoms with Gasteiger partial charge in [-0.05, 0) is 12.8 Å². The van der Waals surface area contributed by atoms with E-state index in [-0.39, 0.29) is 32.5 Å². The van der Waals surface area contributed by atoms with Crippen molar-refractivity contribution in [2.75, 3.05) is 40.9 Å². The van der Waals surface area contributed by atoms with Crippen molar-refractivity contribution in [3.8, 4) is 0 Å². The average molecular weight is 334 g/mol. The van der Waals surface area contributed by atoms with Crippen molar-refractivity contribution in [3.05, 3.63) is 0 Å². The first kappa shape index (κ1) is 21.3. The number of hydrogen-bond acceptors (Lipinski definition) is 6. The van der Waals surface area contributed by atoms with Gasteiger partial charge in [-0.1, -0.05) is 0 Å². The Labute approximate surface area is 136 Å². The smallest absolute Gasteiger partial charge is 0.307 e. The first-order valence-electron chi connectivity index (χ1n) is 7.62. The van der Waals surface area contributed by atoms with Crippen LogP contribution in [0.4, 0.5) is 0 Å². The van der Waals surface area contributed by atoms with Gasteiger partial charge in [-0.15, -0.1) is 0 Å². The molecule has 134 valence electrons. The zero-order valence-electron chi connectivity index (χ0n) is 14.1. The predicted molar refractivity (Wildman–Crippen MR) is 81.5 cm³/mol. The fourth-order valence-corrected chi connectivity index (χ4v) is 1.96. The molecule has 0 aromatic carbocycles. The predicted octanol–water partition coefficient (Wildman–Crippen LogP) is 0.175. The van der Waals surface area contributed by atoms with E-state index in [1.807, 2.05) is 21.1 Å². The number of quaternary nitrogens is 1. The summed E-state index contributed by atoms with van der Waals surface area (Å²) in [5.41, 5.74) is 0. The Hall–Kier alpha value is -1.67. The van der Waals surface area contributed by atoms with E-state index < -0.39 is 24.0 Å². The number of nitrogens with zero attached hydrogens (tertiary/aromatic N) is 1. The van der Waals surface area contributed by atoms with Gasteiger partial charge in [0.15, 0.2) is 6.10 Å². The number of rotatable bonds is 12. The van der Waals surface area contributed by atoms with Crippen molar-refractivity contribution in [2.24, 2.45) is 0 Å². The molecule has 0 aromatic rings. The first-order chi connectivity index (χ1) is 10.6. The topological polar surface area (TPSA) is 110 Å². The molecular formula is C15H28NO7+. The Morgan fingerprint density at radius 1 is 1.04 bits per heavy atom. The molecule has 1 unspecified atom stereocenters. The van der Waals surface area contributed by atoms with E-state index in [9.17, 15) is 14.4 Å². The summed E-state index contributed by atoms with van der Waals surface area (Å²) >= 11 is 0. The van der Waals surface area contributed by atoms with Gasteiger partial charge in [-0.2, -0.15) is 0 Å². The lowest BCUT2D eigenvalue weighted by Crippen LogP contribution is -2.43. The van der Waals surface area contributed by atoms with Gasteiger partial charge in [0.05, 0.1) is 34.2 Å². The molecule has 0 bridgehead atoms. The highest BCUT2D eigenvalue weighted by molar-refractivity contribution is 5.72. The Balaban J connectivity index is 4.07. The molecule has 0 aromatic heterocycles. The van der Waals surface area contributed by atoms with E-state index in [1.165, 1.54) is 0 Å². The molecule has 8 heteroatoms. The normalized spacial score (nSPS) is 12.5. The van der Waals surface area contributed by atoms with Crippen molar-refractivity contribution in [1.29, 1.82) is 0 Å². The number of ether oxygens (including phenoxy) is 2. The van der Waals surface area contributed by atoms with Gasteiger partial charge in [-0.3, -0.25) is 14.4 Å². The molecule has 0 saturated carbocycles. The molecule has 1 atom stereocenters. The van der Waals surface area contributed by atoms with Crippen LogP contribution >= 0.6 is 0 Å². The molecule has 0 radical (unpaired) electrons. The molecular weight excluding hydrogens is 306 g/mol. The largest absolute Gasteiger partial charge is 0.481 e. The molecule has 0 rings (SSSR count). The second-order valence-corrected chi connectivity index (χ2v) is 6.33. The van der Waals surface area contributed by atoms with Crippen molar-refractivity contribution in [2.45, 2.75) is 38.2 Å². The summed E-state index contributed by atoms with van der Waals surface area (Å²) in [6.45, 7) is 0.170. The van der Waals surface area contributed by atoms with E-state index >= 15 is 0 Å². The molecule has 0 aliphatic heterocycles. The highest BCUT2D eigenvalue weighted by atomic mass is 16.5. The Morgan fingerprint density at radius 3 is 2.09 bits per heavy atom. The number of aliphatic carboxylic acids is 1. The van der Waals surface area contributed by atoms with Crippen LogP contribution in [0.5, 0.6) is 0 Å². The third-order valence-corrected chi connectivity index (χ3v) is 2.82. The molecule has 23 heavy (non-hydrogen) atoms. The fourth-order valence-electron chi connectivity index (χ4n) is 1.96. The Morgan fingerprint density at radius 2 is 1.61 bits per heavy atom. The molecule has 0 aliphatic carbocycles. The quantitative estimate of drug-likeness (QED) is 0.297. The minimum Gasteiger partial charge on any atom is -0.481 e. The highest BCUT2D eigenvalue weighted by Crippen LogP contribution is 2.09. The summed E-state index contributed by atoms with van der Waals surface area (Å²) in [7, 11) is 5.67. The third kappa shape index (κ3) is 13.7. The van der Waals surface area contributed by atoms with Crippen LogP contribution in [0, 0.1) is 0 Å². The lowest BCUT2D eigenvalue weighted by atomic mass is 10.2. The lowest BCUT2D eigenvalue weighted by molar-refractivity contribution is -0.873. The van der Waals surface area contributed by atoms with Gasteiger partial charge in [0.1, 0.15) is 13.2 Å². The maximum absolute atomic E-state index is 11.8. The summed E-state index contributed by atoms with van der Waals surface area (Å²) in [5.74, 6) is -1.89. The summed E-state index contributed by atoms with van der Waals surface area (Å²) in [5, 5.41) is 17.4. The van der Waals surface area contributed by atoms with Crippen LogP contribution < -0.4 is 0 Å². The zero-order chi connectivity index (χ0) is 17.9. The van der Waals surface area contributed by atoms with Crippen molar-refractivity contribution >= 4 is 17.9 Å². The van der Waals surface area contributed by atoms with Crippen molar-refractivity contribution in [1.82, 2.24) is 0 Å². The lowest BCUT2D eigenvalue weighted by Gasteiger charge is -2.28. The number of unbranched alkanes of at least 4 members (excludes halogenated alkanes) is 1. The Kier molecular flexibility index (Phi) is 10.2. The Bertz CT molecular complexity index is 390. The van der Waals surface area contributed by atoms with E-state index in [2.05, 4.69) is 4.74 Å². The molecule has 8 nitrogen and oxygen atoms in total. The summed E-state index contributed by atoms with van der Waals surface area (Å²) in [6.07, 6.45) is 0.324. The van der Waals surface area contributed by atoms with Crippen LogP contribution in [0.2, 0.25) is 0 Å². The minimum atomic E-state index is -1.01. The summed E-state index contributed by atoms with van der Waals surface area (Å²) < 4.78 is 10.4. The number of aliphatic hydroxyl groups excluding tert-OH is 1. The van der Waals surface area contributed by atoms with Gasteiger partial charge in [0, 0.05) is 12.8 Å². The average Bonchev–Trinajstić information content (AvgIpc) is 2.38. The molecule has 0 heterocycles. The minimum absolute atomic E-state index is 0.0250. The van der Waals surface area contributed by atoms with Crippen LogP contribution in [-0.2, 0) is 23.9 Å². The number of carbonyl (C=O) groups excluding carboxylic acids is 2. The van der Waals surface area contributed by atoms with Crippen molar-refractivity contribution in [3.63, 3.8) is 0 Å². The molecule has 0 saturated heterocycles. The SMILES string of the molecule is C[N+](C)(C)CC(CC(=O)O)OC(=O)CCCCC(=O)OCCO. The number of likely N-dealkylation sites (N-methyl/N-ethyl adjacent to an activating group) is 1. The molecule has 0 aliphatic rings. The van der Waals surface area contributed by atoms with E-state index in [0.29, 0.717) is 23.9 Å². The summed E-state index contributed by atoms with van der Waals surface area (Å²) in [4.78, 5) is 33.8. The van der Waals surface area contributed by atoms with E-state index in [0.717, 1.165) is 0 Å². The molecule has 0 fully saturated rings. The standard InChI is InChI=1S/C15H27NO7/c1-16(2,3)11-12(10-13(18)19)23-15(21)7-5-4-6-14(20)22-9-8-17/h12,17H,4-11H2,1-3H3/p+1. The van der Waals surface area contributed by atoms with Gasteiger partial charge < -0.3 is 24.2 Å². The number of carbonyl (C=O) groups is 3. The van der Waals surface area contributed by atoms with Crippen LogP contribution in [-0.4, -0.2) is 79.6 Å². The highest BCUT2D eigenvalue weighted by Gasteiger charge is 2.24. The number of hydrogen-bond donors (Lipinski definition) is 2.